The van der Waals surface area contributed by atoms with E-state index < -0.39 is 0 Å². The molecule has 52 heavy (non-hydrogen) atoms. The standard InChI is InChI=1S/C46H26N4O2/c1-2-12-29(13-3-1)43-48-44(31-21-20-27-10-4-5-14-30(27)26-31)50-45(49-43)38-24-25-47-46-39(38)37-19-9-18-34(42(37)52-46)33-16-8-17-35-36-23-22-28-11-6-7-15-32(28)40(36)51-41(33)35/h1-26H. The molecule has 0 radical (unpaired) electrons. The third-order valence-corrected chi connectivity index (χ3v) is 9.99. The molecule has 0 amide bonds. The molecule has 11 rings (SSSR count). The van der Waals surface area contributed by atoms with Crippen molar-refractivity contribution in [3.63, 3.8) is 0 Å². The number of furan rings is 2. The van der Waals surface area contributed by atoms with Crippen LogP contribution in [0.2, 0.25) is 0 Å². The molecule has 4 aromatic heterocycles. The van der Waals surface area contributed by atoms with Crippen molar-refractivity contribution < 1.29 is 8.83 Å². The summed E-state index contributed by atoms with van der Waals surface area (Å²) in [5.41, 5.74) is 7.45. The Labute approximate surface area is 296 Å². The minimum absolute atomic E-state index is 0.511. The van der Waals surface area contributed by atoms with Gasteiger partial charge in [0.05, 0.1) is 5.39 Å². The smallest absolute Gasteiger partial charge is 0.228 e. The van der Waals surface area contributed by atoms with Gasteiger partial charge in [-0.25, -0.2) is 19.9 Å². The Morgan fingerprint density at radius 2 is 1.00 bits per heavy atom. The number of para-hydroxylation sites is 2. The Bertz CT molecular complexity index is 3200. The summed E-state index contributed by atoms with van der Waals surface area (Å²) in [6, 6.07) is 51.7. The quantitative estimate of drug-likeness (QED) is 0.186. The van der Waals surface area contributed by atoms with Crippen LogP contribution in [0.25, 0.3) is 111 Å². The van der Waals surface area contributed by atoms with E-state index in [1.165, 1.54) is 0 Å². The molecule has 242 valence electrons. The van der Waals surface area contributed by atoms with Gasteiger partial charge in [-0.2, -0.15) is 0 Å². The molecule has 0 aliphatic rings. The Kier molecular flexibility index (Phi) is 6.15. The van der Waals surface area contributed by atoms with Crippen LogP contribution < -0.4 is 0 Å². The van der Waals surface area contributed by atoms with Crippen LogP contribution in [0.1, 0.15) is 0 Å². The monoisotopic (exact) mass is 666 g/mol. The predicted molar refractivity (Wildman–Crippen MR) is 209 cm³/mol. The van der Waals surface area contributed by atoms with Crippen LogP contribution in [-0.2, 0) is 0 Å². The van der Waals surface area contributed by atoms with E-state index in [-0.39, 0.29) is 0 Å². The third kappa shape index (κ3) is 4.38. The summed E-state index contributed by atoms with van der Waals surface area (Å²) in [5, 5.41) is 8.43. The topological polar surface area (TPSA) is 77.8 Å². The zero-order valence-electron chi connectivity index (χ0n) is 27.6. The largest absolute Gasteiger partial charge is 0.455 e. The van der Waals surface area contributed by atoms with E-state index in [0.717, 1.165) is 87.7 Å². The van der Waals surface area contributed by atoms with Crippen molar-refractivity contribution in [2.24, 2.45) is 0 Å². The maximum atomic E-state index is 6.72. The lowest BCUT2D eigenvalue weighted by molar-refractivity contribution is 0.654. The molecule has 6 nitrogen and oxygen atoms in total. The van der Waals surface area contributed by atoms with Gasteiger partial charge in [0, 0.05) is 55.6 Å². The summed E-state index contributed by atoms with van der Waals surface area (Å²) >= 11 is 0. The van der Waals surface area contributed by atoms with Crippen molar-refractivity contribution in [2.45, 2.75) is 0 Å². The number of hydrogen-bond acceptors (Lipinski definition) is 6. The van der Waals surface area contributed by atoms with E-state index in [1.54, 1.807) is 6.20 Å². The highest BCUT2D eigenvalue weighted by Gasteiger charge is 2.22. The summed E-state index contributed by atoms with van der Waals surface area (Å²) in [6.45, 7) is 0. The fraction of sp³-hybridized carbons (Fsp3) is 0. The number of rotatable bonds is 4. The van der Waals surface area contributed by atoms with E-state index in [2.05, 4.69) is 103 Å². The van der Waals surface area contributed by atoms with E-state index >= 15 is 0 Å². The molecule has 0 N–H and O–H groups in total. The van der Waals surface area contributed by atoms with Gasteiger partial charge in [-0.1, -0.05) is 133 Å². The summed E-state index contributed by atoms with van der Waals surface area (Å²) < 4.78 is 13.4. The Morgan fingerprint density at radius 3 is 1.85 bits per heavy atom. The summed E-state index contributed by atoms with van der Waals surface area (Å²) in [4.78, 5) is 19.9. The highest BCUT2D eigenvalue weighted by molar-refractivity contribution is 6.19. The maximum Gasteiger partial charge on any atom is 0.228 e. The first-order valence-electron chi connectivity index (χ1n) is 17.2. The van der Waals surface area contributed by atoms with Gasteiger partial charge in [0.1, 0.15) is 16.7 Å². The molecule has 0 fully saturated rings. The lowest BCUT2D eigenvalue weighted by Crippen LogP contribution is -2.00. The minimum Gasteiger partial charge on any atom is -0.455 e. The second-order valence-corrected chi connectivity index (χ2v) is 13.0. The summed E-state index contributed by atoms with van der Waals surface area (Å²) in [6.07, 6.45) is 1.76. The lowest BCUT2D eigenvalue weighted by atomic mass is 9.99. The van der Waals surface area contributed by atoms with Gasteiger partial charge < -0.3 is 8.83 Å². The van der Waals surface area contributed by atoms with Crippen LogP contribution in [0.15, 0.2) is 167 Å². The van der Waals surface area contributed by atoms with Crippen LogP contribution in [0.3, 0.4) is 0 Å². The zero-order chi connectivity index (χ0) is 34.2. The van der Waals surface area contributed by atoms with Crippen molar-refractivity contribution in [3.05, 3.63) is 158 Å². The molecule has 6 heteroatoms. The Hall–Kier alpha value is -7.18. The number of fused-ring (bicyclic) bond motifs is 9. The molecule has 7 aromatic carbocycles. The second-order valence-electron chi connectivity index (χ2n) is 13.0. The van der Waals surface area contributed by atoms with Crippen molar-refractivity contribution in [1.29, 1.82) is 0 Å². The molecule has 0 bridgehead atoms. The van der Waals surface area contributed by atoms with Crippen LogP contribution in [0, 0.1) is 0 Å². The maximum absolute atomic E-state index is 6.72. The Morgan fingerprint density at radius 1 is 0.365 bits per heavy atom. The van der Waals surface area contributed by atoms with E-state index in [0.29, 0.717) is 23.2 Å². The van der Waals surface area contributed by atoms with Crippen molar-refractivity contribution in [2.75, 3.05) is 0 Å². The van der Waals surface area contributed by atoms with E-state index in [1.807, 2.05) is 48.5 Å². The second kappa shape index (κ2) is 11.2. The fourth-order valence-corrected chi connectivity index (χ4v) is 7.53. The highest BCUT2D eigenvalue weighted by Crippen LogP contribution is 2.43. The molecule has 0 saturated heterocycles. The van der Waals surface area contributed by atoms with Gasteiger partial charge in [0.25, 0.3) is 0 Å². The predicted octanol–water partition coefficient (Wildman–Crippen LogP) is 12.0. The van der Waals surface area contributed by atoms with Crippen LogP contribution >= 0.6 is 0 Å². The Balaban J connectivity index is 1.14. The minimum atomic E-state index is 0.511. The van der Waals surface area contributed by atoms with Gasteiger partial charge in [-0.15, -0.1) is 0 Å². The van der Waals surface area contributed by atoms with Crippen LogP contribution in [0.5, 0.6) is 0 Å². The number of nitrogens with zero attached hydrogens (tertiary/aromatic N) is 4. The average molecular weight is 667 g/mol. The normalized spacial score (nSPS) is 11.8. The van der Waals surface area contributed by atoms with Crippen molar-refractivity contribution in [3.8, 4) is 45.3 Å². The van der Waals surface area contributed by atoms with Gasteiger partial charge in [0.2, 0.25) is 5.71 Å². The van der Waals surface area contributed by atoms with E-state index in [4.69, 9.17) is 28.8 Å². The fourth-order valence-electron chi connectivity index (χ4n) is 7.53. The molecule has 0 saturated carbocycles. The molecule has 4 heterocycles. The van der Waals surface area contributed by atoms with Gasteiger partial charge in [-0.05, 0) is 34.4 Å². The van der Waals surface area contributed by atoms with Crippen LogP contribution in [0.4, 0.5) is 0 Å². The number of hydrogen-bond donors (Lipinski definition) is 0. The summed E-state index contributed by atoms with van der Waals surface area (Å²) in [7, 11) is 0. The molecular formula is C46H26N4O2. The lowest BCUT2D eigenvalue weighted by Gasteiger charge is -2.09. The van der Waals surface area contributed by atoms with Gasteiger partial charge in [-0.3, -0.25) is 0 Å². The zero-order valence-corrected chi connectivity index (χ0v) is 27.6. The number of benzene rings is 7. The molecule has 0 aliphatic heterocycles. The van der Waals surface area contributed by atoms with Crippen molar-refractivity contribution in [1.82, 2.24) is 19.9 Å². The number of pyridine rings is 1. The first-order valence-corrected chi connectivity index (χ1v) is 17.2. The SMILES string of the molecule is c1ccc(-c2nc(-c3ccc4ccccc4c3)nc(-c3ccnc4oc5c(-c6cccc7c6oc6c8ccccc8ccc76)cccc5c34)n2)cc1. The van der Waals surface area contributed by atoms with Crippen molar-refractivity contribution >= 4 is 65.6 Å². The first kappa shape index (κ1) is 28.6. The molecule has 0 unspecified atom stereocenters. The molecule has 11 aromatic rings. The van der Waals surface area contributed by atoms with E-state index in [9.17, 15) is 0 Å². The van der Waals surface area contributed by atoms with Gasteiger partial charge >= 0.3 is 0 Å². The molecule has 0 aliphatic carbocycles. The third-order valence-electron chi connectivity index (χ3n) is 9.99. The highest BCUT2D eigenvalue weighted by atomic mass is 16.3. The first-order chi connectivity index (χ1) is 25.8. The van der Waals surface area contributed by atoms with Gasteiger partial charge in [0.15, 0.2) is 17.5 Å². The summed E-state index contributed by atoms with van der Waals surface area (Å²) in [5.74, 6) is 1.73. The molecule has 0 spiro atoms. The number of aromatic nitrogens is 4. The van der Waals surface area contributed by atoms with Crippen LogP contribution in [-0.4, -0.2) is 19.9 Å². The average Bonchev–Trinajstić information content (AvgIpc) is 3.80. The molecule has 0 atom stereocenters. The molecular weight excluding hydrogens is 641 g/mol.